The number of nitrogens with zero attached hydrogens (tertiary/aromatic N) is 1. The fourth-order valence-corrected chi connectivity index (χ4v) is 9.26. The summed E-state index contributed by atoms with van der Waals surface area (Å²) >= 11 is 0. The molecule has 0 aromatic heterocycles. The molecule has 0 bridgehead atoms. The van der Waals surface area contributed by atoms with Crippen molar-refractivity contribution in [2.45, 2.75) is 276 Å². The van der Waals surface area contributed by atoms with Crippen LogP contribution in [0.3, 0.4) is 0 Å². The third kappa shape index (κ3) is 55.5. The molecule has 0 saturated carbocycles. The lowest BCUT2D eigenvalue weighted by Crippen LogP contribution is -2.45. The highest BCUT2D eigenvalue weighted by atomic mass is 31.2. The first kappa shape index (κ1) is 68.9. The topological polar surface area (TPSA) is 108 Å². The highest BCUT2D eigenvalue weighted by Gasteiger charge is 2.23. The quantitative estimate of drug-likeness (QED) is 0.0272. The first-order valence-corrected chi connectivity index (χ1v) is 31.3. The molecule has 0 aliphatic rings. The van der Waals surface area contributed by atoms with Gasteiger partial charge < -0.3 is 28.8 Å². The summed E-state index contributed by atoms with van der Waals surface area (Å²) in [4.78, 5) is 25.5. The van der Waals surface area contributed by atoms with Crippen molar-refractivity contribution in [3.63, 3.8) is 0 Å². The van der Waals surface area contributed by atoms with Crippen molar-refractivity contribution >= 4 is 13.7 Å². The summed E-state index contributed by atoms with van der Waals surface area (Å²) in [6.07, 6.45) is 72.6. The number of phosphoric acid groups is 1. The Balaban J connectivity index is 4.13. The van der Waals surface area contributed by atoms with Crippen LogP contribution in [0.2, 0.25) is 0 Å². The van der Waals surface area contributed by atoms with Gasteiger partial charge in [0.1, 0.15) is 13.2 Å². The number of phosphoric ester groups is 1. The molecule has 414 valence electrons. The molecule has 71 heavy (non-hydrogen) atoms. The van der Waals surface area contributed by atoms with E-state index in [0.29, 0.717) is 17.4 Å². The van der Waals surface area contributed by atoms with Gasteiger partial charge in [0.15, 0.2) is 0 Å². The highest BCUT2D eigenvalue weighted by Crippen LogP contribution is 2.38. The number of hydrogen-bond donors (Lipinski definition) is 2. The number of amides is 1. The third-order valence-corrected chi connectivity index (χ3v) is 14.1. The van der Waals surface area contributed by atoms with Crippen LogP contribution in [0, 0.1) is 0 Å². The molecule has 0 saturated heterocycles. The van der Waals surface area contributed by atoms with E-state index in [4.69, 9.17) is 9.05 Å². The zero-order chi connectivity index (χ0) is 52.0. The molecule has 3 unspecified atom stereocenters. The summed E-state index contributed by atoms with van der Waals surface area (Å²) in [5.74, 6) is -0.197. The van der Waals surface area contributed by atoms with Gasteiger partial charge in [0.25, 0.3) is 7.82 Å². The Labute approximate surface area is 440 Å². The molecule has 1 amide bonds. The number of carbonyl (C=O) groups excluding carboxylic acids is 1. The van der Waals surface area contributed by atoms with Crippen molar-refractivity contribution in [2.24, 2.45) is 0 Å². The highest BCUT2D eigenvalue weighted by molar-refractivity contribution is 7.45. The lowest BCUT2D eigenvalue weighted by atomic mass is 10.0. The number of unbranched alkanes of at least 4 members (excludes halogenated alkanes) is 31. The molecule has 0 rings (SSSR count). The normalized spacial score (nSPS) is 14.4. The third-order valence-electron chi connectivity index (χ3n) is 13.2. The summed E-state index contributed by atoms with van der Waals surface area (Å²) in [6, 6.07) is -0.889. The summed E-state index contributed by atoms with van der Waals surface area (Å²) in [7, 11) is 1.26. The summed E-state index contributed by atoms with van der Waals surface area (Å²) < 4.78 is 23.4. The number of aliphatic hydroxyl groups excluding tert-OH is 1. The zero-order valence-corrected chi connectivity index (χ0v) is 48.1. The van der Waals surface area contributed by atoms with Gasteiger partial charge in [0, 0.05) is 6.42 Å². The maximum Gasteiger partial charge on any atom is 0.268 e. The van der Waals surface area contributed by atoms with Crippen LogP contribution in [-0.4, -0.2) is 68.5 Å². The lowest BCUT2D eigenvalue weighted by Gasteiger charge is -2.29. The average Bonchev–Trinajstić information content (AvgIpc) is 3.33. The van der Waals surface area contributed by atoms with E-state index in [1.807, 2.05) is 27.2 Å². The first-order valence-electron chi connectivity index (χ1n) is 29.8. The van der Waals surface area contributed by atoms with E-state index < -0.39 is 20.0 Å². The lowest BCUT2D eigenvalue weighted by molar-refractivity contribution is -0.870. The molecule has 0 heterocycles. The monoisotopic (exact) mass is 1010 g/mol. The van der Waals surface area contributed by atoms with Gasteiger partial charge in [0.05, 0.1) is 39.9 Å². The molecule has 0 aromatic carbocycles. The van der Waals surface area contributed by atoms with Crippen molar-refractivity contribution in [1.29, 1.82) is 0 Å². The Morgan fingerprint density at radius 3 is 1.25 bits per heavy atom. The molecule has 0 spiro atoms. The Morgan fingerprint density at radius 2 is 0.859 bits per heavy atom. The van der Waals surface area contributed by atoms with Crippen LogP contribution in [0.5, 0.6) is 0 Å². The maximum atomic E-state index is 13.0. The van der Waals surface area contributed by atoms with Crippen LogP contribution in [0.25, 0.3) is 0 Å². The molecular formula is C62H115N2O6P. The van der Waals surface area contributed by atoms with Crippen LogP contribution >= 0.6 is 7.82 Å². The van der Waals surface area contributed by atoms with Gasteiger partial charge >= 0.3 is 0 Å². The molecule has 8 nitrogen and oxygen atoms in total. The number of quaternary nitrogens is 1. The minimum atomic E-state index is -4.60. The van der Waals surface area contributed by atoms with E-state index in [9.17, 15) is 19.4 Å². The molecule has 3 atom stereocenters. The van der Waals surface area contributed by atoms with E-state index in [1.54, 1.807) is 6.08 Å². The van der Waals surface area contributed by atoms with Gasteiger partial charge in [-0.25, -0.2) is 0 Å². The smallest absolute Gasteiger partial charge is 0.268 e. The summed E-state index contributed by atoms with van der Waals surface area (Å²) in [6.45, 7) is 4.56. The number of allylic oxidation sites excluding steroid dienone is 11. The number of carbonyl (C=O) groups is 1. The van der Waals surface area contributed by atoms with Crippen molar-refractivity contribution in [2.75, 3.05) is 40.9 Å². The van der Waals surface area contributed by atoms with E-state index >= 15 is 0 Å². The number of rotatable bonds is 54. The van der Waals surface area contributed by atoms with Crippen LogP contribution < -0.4 is 10.2 Å². The number of aliphatic hydroxyl groups is 1. The Hall–Kier alpha value is -2.06. The maximum absolute atomic E-state index is 13.0. The van der Waals surface area contributed by atoms with Gasteiger partial charge in [-0.1, -0.05) is 267 Å². The molecule has 0 aliphatic heterocycles. The summed E-state index contributed by atoms with van der Waals surface area (Å²) in [5.41, 5.74) is 0. The zero-order valence-electron chi connectivity index (χ0n) is 47.2. The van der Waals surface area contributed by atoms with Crippen molar-refractivity contribution in [3.8, 4) is 0 Å². The van der Waals surface area contributed by atoms with Crippen LogP contribution in [0.1, 0.15) is 264 Å². The SMILES string of the molecule is CC/C=C\C/C=C\C/C=C\C/C=C\C/C=C\CCCCCCCCCCCCCCCCCC(=O)NC(COP(=O)([O-])OCC[N+](C)(C)C)C(O)/C=C/CCCCCCCCCCCCCCCCCC. The predicted octanol–water partition coefficient (Wildman–Crippen LogP) is 17.6. The number of nitrogens with one attached hydrogen (secondary N) is 1. The minimum absolute atomic E-state index is 0.00225. The van der Waals surface area contributed by atoms with Gasteiger partial charge in [-0.15, -0.1) is 0 Å². The van der Waals surface area contributed by atoms with E-state index in [0.717, 1.165) is 70.6 Å². The number of hydrogen-bond acceptors (Lipinski definition) is 6. The molecular weight excluding hydrogens is 900 g/mol. The van der Waals surface area contributed by atoms with Crippen LogP contribution in [-0.2, 0) is 18.4 Å². The van der Waals surface area contributed by atoms with Gasteiger partial charge in [0.2, 0.25) is 5.91 Å². The molecule has 0 fully saturated rings. The van der Waals surface area contributed by atoms with Crippen LogP contribution in [0.15, 0.2) is 72.9 Å². The van der Waals surface area contributed by atoms with Gasteiger partial charge in [-0.3, -0.25) is 9.36 Å². The van der Waals surface area contributed by atoms with E-state index in [1.165, 1.54) is 173 Å². The van der Waals surface area contributed by atoms with E-state index in [-0.39, 0.29) is 19.1 Å². The van der Waals surface area contributed by atoms with Gasteiger partial charge in [-0.05, 0) is 64.2 Å². The standard InChI is InChI=1S/C62H115N2O6P/c1-6-8-10-12-14-16-18-20-22-24-26-27-28-29-30-31-32-33-34-35-36-37-38-40-42-44-46-48-50-52-54-56-62(66)63-60(59-70-71(67,68)69-58-57-64(3,4)5)61(65)55-53-51-49-47-45-43-41-39-25-23-21-19-17-15-13-11-9-7-2/h8,10,14,16,20,22,26-27,29-30,53,55,60-61,65H,6-7,9,11-13,15,17-19,21,23-25,28,31-52,54,56-59H2,1-5H3,(H-,63,66,67,68)/b10-8-,16-14-,22-20-,27-26-,30-29-,55-53+. The van der Waals surface area contributed by atoms with Gasteiger partial charge in [-0.2, -0.15) is 0 Å². The molecule has 0 radical (unpaired) electrons. The Bertz CT molecular complexity index is 1380. The molecule has 0 aliphatic carbocycles. The van der Waals surface area contributed by atoms with Crippen molar-refractivity contribution < 1.29 is 32.9 Å². The largest absolute Gasteiger partial charge is 0.756 e. The fraction of sp³-hybridized carbons (Fsp3) is 0.790. The Morgan fingerprint density at radius 1 is 0.507 bits per heavy atom. The van der Waals surface area contributed by atoms with Crippen LogP contribution in [0.4, 0.5) is 0 Å². The molecule has 9 heteroatoms. The molecule has 0 aromatic rings. The second-order valence-electron chi connectivity index (χ2n) is 21.3. The predicted molar refractivity (Wildman–Crippen MR) is 307 cm³/mol. The fourth-order valence-electron chi connectivity index (χ4n) is 8.53. The van der Waals surface area contributed by atoms with Crippen molar-refractivity contribution in [1.82, 2.24) is 5.32 Å². The minimum Gasteiger partial charge on any atom is -0.756 e. The Kier molecular flexibility index (Phi) is 51.3. The average molecular weight is 1020 g/mol. The van der Waals surface area contributed by atoms with Crippen molar-refractivity contribution in [3.05, 3.63) is 72.9 Å². The second kappa shape index (κ2) is 52.8. The second-order valence-corrected chi connectivity index (χ2v) is 22.7. The number of likely N-dealkylation sites (N-methyl/N-ethyl adjacent to an activating group) is 1. The summed E-state index contributed by atoms with van der Waals surface area (Å²) in [5, 5.41) is 13.9. The first-order chi connectivity index (χ1) is 34.5. The van der Waals surface area contributed by atoms with E-state index in [2.05, 4.69) is 79.9 Å². The molecule has 2 N–H and O–H groups in total.